The van der Waals surface area contributed by atoms with E-state index in [9.17, 15) is 9.59 Å². The lowest BCUT2D eigenvalue weighted by Gasteiger charge is -2.46. The number of hydrogen-bond acceptors (Lipinski definition) is 4. The second-order valence-electron chi connectivity index (χ2n) is 8.14. The molecule has 2 amide bonds. The summed E-state index contributed by atoms with van der Waals surface area (Å²) in [6, 6.07) is 9.95. The maximum Gasteiger partial charge on any atom is 0.254 e. The molecule has 1 N–H and O–H groups in total. The summed E-state index contributed by atoms with van der Waals surface area (Å²) in [7, 11) is 1.80. The quantitative estimate of drug-likeness (QED) is 0.857. The van der Waals surface area contributed by atoms with Crippen molar-refractivity contribution in [1.29, 1.82) is 0 Å². The smallest absolute Gasteiger partial charge is 0.254 e. The highest BCUT2D eigenvalue weighted by atomic mass is 16.5. The van der Waals surface area contributed by atoms with Crippen molar-refractivity contribution < 1.29 is 14.3 Å². The standard InChI is InChI=1S/C22H28N4O3/c1-25-16-18(15-23-25)21(28)24-19-7-12-29-22(14-19)8-10-26(11-9-22)20(27)13-17-5-3-2-4-6-17/h2-6,15-16,19H,7-14H2,1H3,(H,24,28). The number of rotatable bonds is 4. The topological polar surface area (TPSA) is 76.5 Å². The minimum atomic E-state index is -0.241. The molecule has 7 heteroatoms. The molecule has 2 aliphatic heterocycles. The number of ether oxygens (including phenoxy) is 1. The number of hydrogen-bond donors (Lipinski definition) is 1. The van der Waals surface area contributed by atoms with Crippen LogP contribution in [0.4, 0.5) is 0 Å². The van der Waals surface area contributed by atoms with Crippen LogP contribution >= 0.6 is 0 Å². The van der Waals surface area contributed by atoms with Crippen LogP contribution in [0.3, 0.4) is 0 Å². The Morgan fingerprint density at radius 1 is 1.24 bits per heavy atom. The van der Waals surface area contributed by atoms with Gasteiger partial charge in [-0.3, -0.25) is 14.3 Å². The fraction of sp³-hybridized carbons (Fsp3) is 0.500. The van der Waals surface area contributed by atoms with Gasteiger partial charge in [0, 0.05) is 39.0 Å². The molecule has 2 saturated heterocycles. The third-order valence-electron chi connectivity index (χ3n) is 6.02. The number of likely N-dealkylation sites (tertiary alicyclic amines) is 1. The maximum absolute atomic E-state index is 12.6. The first-order chi connectivity index (χ1) is 14.0. The predicted octanol–water partition coefficient (Wildman–Crippen LogP) is 1.93. The van der Waals surface area contributed by atoms with Gasteiger partial charge in [0.15, 0.2) is 0 Å². The molecule has 7 nitrogen and oxygen atoms in total. The van der Waals surface area contributed by atoms with Gasteiger partial charge in [0.25, 0.3) is 5.91 Å². The van der Waals surface area contributed by atoms with Gasteiger partial charge in [-0.1, -0.05) is 30.3 Å². The summed E-state index contributed by atoms with van der Waals surface area (Å²) in [5.41, 5.74) is 1.38. The van der Waals surface area contributed by atoms with Crippen LogP contribution in [-0.4, -0.2) is 57.8 Å². The molecule has 2 fully saturated rings. The number of carbonyl (C=O) groups excluding carboxylic acids is 2. The molecule has 1 unspecified atom stereocenters. The van der Waals surface area contributed by atoms with Gasteiger partial charge in [-0.05, 0) is 31.2 Å². The average Bonchev–Trinajstić information content (AvgIpc) is 3.16. The third kappa shape index (κ3) is 4.67. The molecule has 4 rings (SSSR count). The van der Waals surface area contributed by atoms with Crippen molar-refractivity contribution >= 4 is 11.8 Å². The lowest BCUT2D eigenvalue weighted by Crippen LogP contribution is -2.54. The summed E-state index contributed by atoms with van der Waals surface area (Å²) in [5, 5.41) is 7.20. The minimum Gasteiger partial charge on any atom is -0.375 e. The summed E-state index contributed by atoms with van der Waals surface area (Å²) < 4.78 is 7.80. The Morgan fingerprint density at radius 3 is 2.69 bits per heavy atom. The van der Waals surface area contributed by atoms with Crippen molar-refractivity contribution in [1.82, 2.24) is 20.0 Å². The molecule has 29 heavy (non-hydrogen) atoms. The first-order valence-corrected chi connectivity index (χ1v) is 10.3. The molecule has 0 saturated carbocycles. The SMILES string of the molecule is Cn1cc(C(=O)NC2CCOC3(CCN(C(=O)Cc4ccccc4)CC3)C2)cn1. The third-order valence-corrected chi connectivity index (χ3v) is 6.02. The summed E-state index contributed by atoms with van der Waals surface area (Å²) in [4.78, 5) is 27.0. The first kappa shape index (κ1) is 19.6. The van der Waals surface area contributed by atoms with E-state index in [1.54, 1.807) is 24.1 Å². The van der Waals surface area contributed by atoms with Crippen molar-refractivity contribution in [2.75, 3.05) is 19.7 Å². The summed E-state index contributed by atoms with van der Waals surface area (Å²) >= 11 is 0. The van der Waals surface area contributed by atoms with Gasteiger partial charge in [0.1, 0.15) is 0 Å². The number of nitrogens with zero attached hydrogens (tertiary/aromatic N) is 3. The second kappa shape index (κ2) is 8.37. The van der Waals surface area contributed by atoms with Gasteiger partial charge in [-0.25, -0.2) is 0 Å². The van der Waals surface area contributed by atoms with Crippen LogP contribution in [0.2, 0.25) is 0 Å². The molecule has 1 atom stereocenters. The van der Waals surface area contributed by atoms with E-state index < -0.39 is 0 Å². The van der Waals surface area contributed by atoms with Gasteiger partial charge >= 0.3 is 0 Å². The molecular formula is C22H28N4O3. The van der Waals surface area contributed by atoms with E-state index in [0.717, 1.165) is 31.2 Å². The number of benzene rings is 1. The van der Waals surface area contributed by atoms with Crippen LogP contribution < -0.4 is 5.32 Å². The van der Waals surface area contributed by atoms with Gasteiger partial charge in [0.05, 0.1) is 23.8 Å². The van der Waals surface area contributed by atoms with E-state index in [1.807, 2.05) is 35.2 Å². The highest BCUT2D eigenvalue weighted by Crippen LogP contribution is 2.35. The van der Waals surface area contributed by atoms with Crippen molar-refractivity contribution in [2.45, 2.75) is 43.7 Å². The zero-order chi connectivity index (χ0) is 20.3. The van der Waals surface area contributed by atoms with Crippen LogP contribution in [-0.2, 0) is 23.0 Å². The molecule has 3 heterocycles. The number of amides is 2. The second-order valence-corrected chi connectivity index (χ2v) is 8.14. The van der Waals surface area contributed by atoms with Crippen LogP contribution in [0.15, 0.2) is 42.7 Å². The Hall–Kier alpha value is -2.67. The number of aryl methyl sites for hydroxylation is 1. The van der Waals surface area contributed by atoms with E-state index in [4.69, 9.17) is 4.74 Å². The number of nitrogens with one attached hydrogen (secondary N) is 1. The Morgan fingerprint density at radius 2 is 2.00 bits per heavy atom. The van der Waals surface area contributed by atoms with E-state index in [0.29, 0.717) is 31.7 Å². The van der Waals surface area contributed by atoms with Crippen LogP contribution in [0.5, 0.6) is 0 Å². The number of piperidine rings is 1. The number of carbonyl (C=O) groups is 2. The number of aromatic nitrogens is 2. The Labute approximate surface area is 171 Å². The van der Waals surface area contributed by atoms with Crippen LogP contribution in [0.25, 0.3) is 0 Å². The normalized spacial score (nSPS) is 21.1. The zero-order valence-electron chi connectivity index (χ0n) is 16.8. The molecule has 2 aromatic rings. The molecule has 2 aliphatic rings. The van der Waals surface area contributed by atoms with Crippen LogP contribution in [0.1, 0.15) is 41.6 Å². The lowest BCUT2D eigenvalue weighted by molar-refractivity contribution is -0.143. The molecular weight excluding hydrogens is 368 g/mol. The lowest BCUT2D eigenvalue weighted by atomic mass is 9.82. The molecule has 1 spiro atoms. The van der Waals surface area contributed by atoms with Gasteiger partial charge in [-0.15, -0.1) is 0 Å². The highest BCUT2D eigenvalue weighted by Gasteiger charge is 2.41. The van der Waals surface area contributed by atoms with Crippen molar-refractivity contribution in [3.8, 4) is 0 Å². The molecule has 0 aliphatic carbocycles. The summed E-state index contributed by atoms with van der Waals surface area (Å²) in [6.07, 6.45) is 6.98. The van der Waals surface area contributed by atoms with Crippen LogP contribution in [0, 0.1) is 0 Å². The largest absolute Gasteiger partial charge is 0.375 e. The zero-order valence-corrected chi connectivity index (χ0v) is 16.8. The summed E-state index contributed by atoms with van der Waals surface area (Å²) in [6.45, 7) is 2.04. The van der Waals surface area contributed by atoms with Gasteiger partial charge in [-0.2, -0.15) is 5.10 Å². The van der Waals surface area contributed by atoms with E-state index in [1.165, 1.54) is 0 Å². The summed E-state index contributed by atoms with van der Waals surface area (Å²) in [5.74, 6) is 0.0823. The fourth-order valence-corrected chi connectivity index (χ4v) is 4.35. The highest BCUT2D eigenvalue weighted by molar-refractivity contribution is 5.93. The van der Waals surface area contributed by atoms with Crippen molar-refractivity contribution in [2.24, 2.45) is 7.05 Å². The Bertz CT molecular complexity index is 856. The monoisotopic (exact) mass is 396 g/mol. The van der Waals surface area contributed by atoms with Crippen molar-refractivity contribution in [3.05, 3.63) is 53.9 Å². The molecule has 1 aromatic heterocycles. The molecule has 1 aromatic carbocycles. The average molecular weight is 396 g/mol. The van der Waals surface area contributed by atoms with Gasteiger partial charge in [0.2, 0.25) is 5.91 Å². The maximum atomic E-state index is 12.6. The van der Waals surface area contributed by atoms with E-state index >= 15 is 0 Å². The Kier molecular flexibility index (Phi) is 5.67. The fourth-order valence-electron chi connectivity index (χ4n) is 4.35. The van der Waals surface area contributed by atoms with Gasteiger partial charge < -0.3 is 15.0 Å². The van der Waals surface area contributed by atoms with E-state index in [-0.39, 0.29) is 23.5 Å². The Balaban J connectivity index is 1.30. The molecule has 0 bridgehead atoms. The van der Waals surface area contributed by atoms with Crippen molar-refractivity contribution in [3.63, 3.8) is 0 Å². The molecule has 0 radical (unpaired) electrons. The minimum absolute atomic E-state index is 0.0861. The first-order valence-electron chi connectivity index (χ1n) is 10.3. The molecule has 154 valence electrons. The predicted molar refractivity (Wildman–Crippen MR) is 108 cm³/mol. The van der Waals surface area contributed by atoms with E-state index in [2.05, 4.69) is 10.4 Å².